The minimum absolute atomic E-state index is 0.00483. The molecule has 1 N–H and O–H groups in total. The molecule has 0 bridgehead atoms. The molecule has 168 valence electrons. The van der Waals surface area contributed by atoms with Crippen LogP contribution in [-0.2, 0) is 9.53 Å². The van der Waals surface area contributed by atoms with Crippen molar-refractivity contribution in [1.82, 2.24) is 15.2 Å². The number of aromatic nitrogens is 1. The molecule has 0 atom stereocenters. The molecule has 3 aromatic rings. The maximum atomic E-state index is 13.0. The average molecular weight is 436 g/mol. The topological polar surface area (TPSA) is 84.7 Å². The highest BCUT2D eigenvalue weighted by molar-refractivity contribution is 5.97. The zero-order chi connectivity index (χ0) is 22.5. The molecule has 0 radical (unpaired) electrons. The normalized spacial score (nSPS) is 14.6. The highest BCUT2D eigenvalue weighted by Gasteiger charge is 2.25. The number of hydrogen-bond donors (Lipinski definition) is 1. The van der Waals surface area contributed by atoms with Crippen LogP contribution in [0, 0.1) is 12.8 Å². The number of hydrogen-bond acceptors (Lipinski definition) is 5. The Morgan fingerprint density at radius 1 is 1.16 bits per heavy atom. The summed E-state index contributed by atoms with van der Waals surface area (Å²) in [6.45, 7) is 4.39. The molecule has 4 rings (SSSR count). The molecule has 2 heterocycles. The number of oxazole rings is 1. The maximum absolute atomic E-state index is 13.0. The second-order valence-electron chi connectivity index (χ2n) is 8.35. The van der Waals surface area contributed by atoms with Crippen LogP contribution in [0.5, 0.6) is 0 Å². The summed E-state index contributed by atoms with van der Waals surface area (Å²) in [4.78, 5) is 31.5. The van der Waals surface area contributed by atoms with Crippen molar-refractivity contribution < 1.29 is 18.7 Å². The number of nitrogens with zero attached hydrogens (tertiary/aromatic N) is 2. The molecule has 32 heavy (non-hydrogen) atoms. The van der Waals surface area contributed by atoms with Gasteiger partial charge in [-0.3, -0.25) is 9.59 Å². The van der Waals surface area contributed by atoms with Crippen molar-refractivity contribution in [3.8, 4) is 11.5 Å². The van der Waals surface area contributed by atoms with E-state index in [0.29, 0.717) is 61.1 Å². The molecule has 7 nitrogen and oxygen atoms in total. The van der Waals surface area contributed by atoms with Crippen molar-refractivity contribution in [1.29, 1.82) is 0 Å². The number of benzene rings is 2. The van der Waals surface area contributed by atoms with E-state index in [4.69, 9.17) is 9.15 Å². The summed E-state index contributed by atoms with van der Waals surface area (Å²) in [5, 5.41) is 2.86. The third kappa shape index (κ3) is 5.16. The van der Waals surface area contributed by atoms with E-state index in [-0.39, 0.29) is 11.8 Å². The van der Waals surface area contributed by atoms with Crippen molar-refractivity contribution in [2.45, 2.75) is 26.2 Å². The first-order valence-corrected chi connectivity index (χ1v) is 11.1. The van der Waals surface area contributed by atoms with Crippen molar-refractivity contribution in [2.24, 2.45) is 5.92 Å². The Morgan fingerprint density at radius 2 is 1.91 bits per heavy atom. The molecule has 0 aliphatic carbocycles. The number of amides is 2. The fourth-order valence-corrected chi connectivity index (χ4v) is 4.03. The molecule has 0 spiro atoms. The number of carbonyl (C=O) groups is 2. The predicted molar refractivity (Wildman–Crippen MR) is 122 cm³/mol. The largest absolute Gasteiger partial charge is 0.436 e. The first kappa shape index (κ1) is 22.0. The minimum atomic E-state index is -0.00483. The van der Waals surface area contributed by atoms with Gasteiger partial charge >= 0.3 is 0 Å². The van der Waals surface area contributed by atoms with Crippen LogP contribution in [0.4, 0.5) is 0 Å². The van der Waals surface area contributed by atoms with Gasteiger partial charge in [0.15, 0.2) is 5.58 Å². The van der Waals surface area contributed by atoms with E-state index in [0.717, 1.165) is 18.4 Å². The molecule has 2 amide bonds. The van der Waals surface area contributed by atoms with Crippen molar-refractivity contribution >= 4 is 22.9 Å². The lowest BCUT2D eigenvalue weighted by Gasteiger charge is -2.31. The number of fused-ring (bicyclic) bond motifs is 1. The van der Waals surface area contributed by atoms with Gasteiger partial charge in [0, 0.05) is 44.3 Å². The molecular weight excluding hydrogens is 406 g/mol. The smallest absolute Gasteiger partial charge is 0.253 e. The van der Waals surface area contributed by atoms with Crippen molar-refractivity contribution in [3.05, 3.63) is 53.6 Å². The highest BCUT2D eigenvalue weighted by Crippen LogP contribution is 2.27. The van der Waals surface area contributed by atoms with Crippen molar-refractivity contribution in [2.75, 3.05) is 33.4 Å². The second kappa shape index (κ2) is 9.96. The third-order valence-electron chi connectivity index (χ3n) is 5.94. The Kier molecular flexibility index (Phi) is 6.85. The third-order valence-corrected chi connectivity index (χ3v) is 5.94. The molecular formula is C25H29N3O4. The van der Waals surface area contributed by atoms with Gasteiger partial charge in [-0.15, -0.1) is 0 Å². The van der Waals surface area contributed by atoms with E-state index in [1.165, 1.54) is 5.56 Å². The van der Waals surface area contributed by atoms with Crippen molar-refractivity contribution in [3.63, 3.8) is 0 Å². The summed E-state index contributed by atoms with van der Waals surface area (Å²) in [6, 6.07) is 13.4. The molecule has 1 saturated heterocycles. The second-order valence-corrected chi connectivity index (χ2v) is 8.35. The van der Waals surface area contributed by atoms with Crippen LogP contribution in [0.2, 0.25) is 0 Å². The number of likely N-dealkylation sites (tertiary alicyclic amines) is 1. The lowest BCUT2D eigenvalue weighted by molar-refractivity contribution is -0.122. The number of carbonyl (C=O) groups excluding carboxylic acids is 2. The Labute approximate surface area is 187 Å². The van der Waals surface area contributed by atoms with E-state index in [9.17, 15) is 9.59 Å². The van der Waals surface area contributed by atoms with Crippen LogP contribution in [-0.4, -0.2) is 55.0 Å². The summed E-state index contributed by atoms with van der Waals surface area (Å²) in [5.74, 6) is 0.897. The van der Waals surface area contributed by atoms with Crippen LogP contribution in [0.25, 0.3) is 22.6 Å². The lowest BCUT2D eigenvalue weighted by Crippen LogP contribution is -2.39. The Morgan fingerprint density at radius 3 is 2.62 bits per heavy atom. The lowest BCUT2D eigenvalue weighted by atomic mass is 9.93. The van der Waals surface area contributed by atoms with E-state index >= 15 is 0 Å². The van der Waals surface area contributed by atoms with Gasteiger partial charge in [0.1, 0.15) is 5.52 Å². The summed E-state index contributed by atoms with van der Waals surface area (Å²) in [5.41, 5.74) is 4.03. The SMILES string of the molecule is COCCNC(=O)CC1CCN(C(=O)c2ccc3oc(-c4ccc(C)cc4)nc3c2)CC1. The van der Waals surface area contributed by atoms with Gasteiger partial charge in [-0.2, -0.15) is 0 Å². The van der Waals surface area contributed by atoms with Crippen LogP contribution >= 0.6 is 0 Å². The van der Waals surface area contributed by atoms with E-state index in [1.54, 1.807) is 19.2 Å². The molecule has 1 aliphatic heterocycles. The van der Waals surface area contributed by atoms with E-state index in [1.807, 2.05) is 42.2 Å². The fraction of sp³-hybridized carbons (Fsp3) is 0.400. The monoisotopic (exact) mass is 435 g/mol. The predicted octanol–water partition coefficient (Wildman–Crippen LogP) is 3.81. The number of aryl methyl sites for hydroxylation is 1. The molecule has 1 aliphatic rings. The van der Waals surface area contributed by atoms with Gasteiger partial charge in [0.25, 0.3) is 5.91 Å². The van der Waals surface area contributed by atoms with Gasteiger partial charge in [0.2, 0.25) is 11.8 Å². The summed E-state index contributed by atoms with van der Waals surface area (Å²) < 4.78 is 10.8. The van der Waals surface area contributed by atoms with E-state index < -0.39 is 0 Å². The van der Waals surface area contributed by atoms with E-state index in [2.05, 4.69) is 10.3 Å². The quantitative estimate of drug-likeness (QED) is 0.571. The molecule has 0 saturated carbocycles. The summed E-state index contributed by atoms with van der Waals surface area (Å²) in [7, 11) is 1.61. The average Bonchev–Trinajstić information content (AvgIpc) is 3.23. The van der Waals surface area contributed by atoms with Gasteiger partial charge in [0.05, 0.1) is 6.61 Å². The fourth-order valence-electron chi connectivity index (χ4n) is 4.03. The first-order valence-electron chi connectivity index (χ1n) is 11.1. The molecule has 0 unspecified atom stereocenters. The van der Waals surface area contributed by atoms with Crippen LogP contribution in [0.3, 0.4) is 0 Å². The van der Waals surface area contributed by atoms with Crippen LogP contribution in [0.1, 0.15) is 35.2 Å². The number of ether oxygens (including phenoxy) is 1. The maximum Gasteiger partial charge on any atom is 0.253 e. The van der Waals surface area contributed by atoms with Crippen LogP contribution in [0.15, 0.2) is 46.9 Å². The standard InChI is InChI=1S/C25H29N3O4/c1-17-3-5-19(6-4-17)24-27-21-16-20(7-8-22(21)32-24)25(30)28-12-9-18(10-13-28)15-23(29)26-11-14-31-2/h3-8,16,18H,9-15H2,1-2H3,(H,26,29). The Balaban J connectivity index is 1.37. The Bertz CT molecular complexity index is 1080. The number of rotatable bonds is 7. The number of piperidine rings is 1. The number of nitrogens with one attached hydrogen (secondary N) is 1. The van der Waals surface area contributed by atoms with Gasteiger partial charge in [-0.05, 0) is 56.0 Å². The Hall–Kier alpha value is -3.19. The van der Waals surface area contributed by atoms with Gasteiger partial charge < -0.3 is 19.4 Å². The molecule has 1 aromatic heterocycles. The number of methoxy groups -OCH3 is 1. The zero-order valence-corrected chi connectivity index (χ0v) is 18.6. The molecule has 7 heteroatoms. The molecule has 2 aromatic carbocycles. The van der Waals surface area contributed by atoms with Crippen LogP contribution < -0.4 is 5.32 Å². The van der Waals surface area contributed by atoms with Gasteiger partial charge in [-0.25, -0.2) is 4.98 Å². The molecule has 1 fully saturated rings. The zero-order valence-electron chi connectivity index (χ0n) is 18.6. The van der Waals surface area contributed by atoms with Gasteiger partial charge in [-0.1, -0.05) is 17.7 Å². The minimum Gasteiger partial charge on any atom is -0.436 e. The summed E-state index contributed by atoms with van der Waals surface area (Å²) >= 11 is 0. The first-order chi connectivity index (χ1) is 15.5. The highest BCUT2D eigenvalue weighted by atomic mass is 16.5. The summed E-state index contributed by atoms with van der Waals surface area (Å²) in [6.07, 6.45) is 2.15.